The maximum Gasteiger partial charge on any atom is 0.331 e. The molecular formula is C23H24O4. The highest BCUT2D eigenvalue weighted by molar-refractivity contribution is 5.87. The normalized spacial score (nSPS) is 15.5. The molecular weight excluding hydrogens is 340 g/mol. The van der Waals surface area contributed by atoms with Crippen LogP contribution in [0.3, 0.4) is 0 Å². The summed E-state index contributed by atoms with van der Waals surface area (Å²) in [7, 11) is 1.66. The molecule has 1 aliphatic carbocycles. The zero-order chi connectivity index (χ0) is 19.1. The topological polar surface area (TPSA) is 44.8 Å². The summed E-state index contributed by atoms with van der Waals surface area (Å²) < 4.78 is 16.3. The van der Waals surface area contributed by atoms with Gasteiger partial charge in [-0.3, -0.25) is 0 Å². The molecule has 4 nitrogen and oxygen atoms in total. The van der Waals surface area contributed by atoms with Gasteiger partial charge in [0.1, 0.15) is 12.4 Å². The first-order valence-corrected chi connectivity index (χ1v) is 9.02. The van der Waals surface area contributed by atoms with E-state index in [1.54, 1.807) is 19.3 Å². The van der Waals surface area contributed by atoms with Gasteiger partial charge in [0.05, 0.1) is 19.8 Å². The van der Waals surface area contributed by atoms with Gasteiger partial charge in [-0.05, 0) is 59.4 Å². The highest BCUT2D eigenvalue weighted by Gasteiger charge is 2.23. The van der Waals surface area contributed by atoms with Crippen LogP contribution in [-0.4, -0.2) is 19.7 Å². The van der Waals surface area contributed by atoms with E-state index in [1.807, 2.05) is 30.3 Å². The predicted molar refractivity (Wildman–Crippen MR) is 105 cm³/mol. The Morgan fingerprint density at radius 1 is 1.22 bits per heavy atom. The van der Waals surface area contributed by atoms with Crippen LogP contribution in [-0.2, 0) is 27.3 Å². The zero-order valence-corrected chi connectivity index (χ0v) is 15.5. The molecule has 1 unspecified atom stereocenters. The molecule has 0 aromatic heterocycles. The van der Waals surface area contributed by atoms with Crippen LogP contribution >= 0.6 is 0 Å². The molecule has 1 aliphatic rings. The van der Waals surface area contributed by atoms with Crippen LogP contribution in [0.15, 0.2) is 61.2 Å². The Morgan fingerprint density at radius 3 is 2.78 bits per heavy atom. The van der Waals surface area contributed by atoms with Crippen LogP contribution in [0.1, 0.15) is 34.8 Å². The van der Waals surface area contributed by atoms with Crippen molar-refractivity contribution in [3.8, 4) is 5.75 Å². The lowest BCUT2D eigenvalue weighted by Gasteiger charge is -2.14. The van der Waals surface area contributed by atoms with Crippen molar-refractivity contribution in [1.82, 2.24) is 0 Å². The van der Waals surface area contributed by atoms with Gasteiger partial charge in [0.2, 0.25) is 0 Å². The Hall–Kier alpha value is -2.85. The lowest BCUT2D eigenvalue weighted by molar-refractivity contribution is -0.136. The smallest absolute Gasteiger partial charge is 0.331 e. The van der Waals surface area contributed by atoms with E-state index in [-0.39, 0.29) is 18.7 Å². The summed E-state index contributed by atoms with van der Waals surface area (Å²) in [6, 6.07) is 14.1. The molecule has 0 bridgehead atoms. The maximum atomic E-state index is 11.6. The molecule has 4 heteroatoms. The average molecular weight is 364 g/mol. The Kier molecular flexibility index (Phi) is 6.44. The van der Waals surface area contributed by atoms with Gasteiger partial charge in [-0.25, -0.2) is 4.79 Å². The van der Waals surface area contributed by atoms with Gasteiger partial charge >= 0.3 is 5.97 Å². The number of hydrogen-bond acceptors (Lipinski definition) is 4. The van der Waals surface area contributed by atoms with Crippen LogP contribution < -0.4 is 4.74 Å². The lowest BCUT2D eigenvalue weighted by atomic mass is 10.0. The van der Waals surface area contributed by atoms with E-state index in [0.29, 0.717) is 6.61 Å². The fourth-order valence-corrected chi connectivity index (χ4v) is 3.13. The largest absolute Gasteiger partial charge is 0.497 e. The molecule has 2 aromatic rings. The molecule has 140 valence electrons. The monoisotopic (exact) mass is 364 g/mol. The molecule has 1 atom stereocenters. The molecule has 0 radical (unpaired) electrons. The van der Waals surface area contributed by atoms with Gasteiger partial charge in [0.25, 0.3) is 0 Å². The zero-order valence-electron chi connectivity index (χ0n) is 15.5. The van der Waals surface area contributed by atoms with Gasteiger partial charge in [0, 0.05) is 6.08 Å². The maximum absolute atomic E-state index is 11.6. The minimum absolute atomic E-state index is 0.0724. The second kappa shape index (κ2) is 9.19. The summed E-state index contributed by atoms with van der Waals surface area (Å²) in [5.74, 6) is 0.468. The molecule has 3 rings (SSSR count). The van der Waals surface area contributed by atoms with Crippen LogP contribution in [0.25, 0.3) is 6.08 Å². The van der Waals surface area contributed by atoms with Crippen molar-refractivity contribution in [1.29, 1.82) is 0 Å². The minimum atomic E-state index is -0.372. The van der Waals surface area contributed by atoms with E-state index in [4.69, 9.17) is 14.2 Å². The van der Waals surface area contributed by atoms with Gasteiger partial charge in [0.15, 0.2) is 0 Å². The van der Waals surface area contributed by atoms with E-state index < -0.39 is 0 Å². The van der Waals surface area contributed by atoms with E-state index in [2.05, 4.69) is 18.7 Å². The number of hydrogen-bond donors (Lipinski definition) is 0. The van der Waals surface area contributed by atoms with Crippen molar-refractivity contribution in [3.63, 3.8) is 0 Å². The third-order valence-corrected chi connectivity index (χ3v) is 4.56. The summed E-state index contributed by atoms with van der Waals surface area (Å²) in [6.45, 7) is 4.30. The summed E-state index contributed by atoms with van der Waals surface area (Å²) >= 11 is 0. The molecule has 0 amide bonds. The molecule has 0 fully saturated rings. The summed E-state index contributed by atoms with van der Waals surface area (Å²) in [5.41, 5.74) is 4.58. The third-order valence-electron chi connectivity index (χ3n) is 4.56. The van der Waals surface area contributed by atoms with E-state index in [0.717, 1.165) is 29.7 Å². The van der Waals surface area contributed by atoms with E-state index >= 15 is 0 Å². The molecule has 27 heavy (non-hydrogen) atoms. The lowest BCUT2D eigenvalue weighted by Crippen LogP contribution is -2.01. The standard InChI is InChI=1S/C23H24O4/c1-3-14-26-23(24)13-7-17-4-8-19-9-12-22(21(19)15-17)27-16-18-5-10-20(25-2)11-6-18/h3-8,10-11,13,15,22H,1,9,12,14,16H2,2H3. The van der Waals surface area contributed by atoms with E-state index in [9.17, 15) is 4.79 Å². The van der Waals surface area contributed by atoms with Gasteiger partial charge in [-0.15, -0.1) is 0 Å². The van der Waals surface area contributed by atoms with Crippen molar-refractivity contribution >= 4 is 12.0 Å². The van der Waals surface area contributed by atoms with Crippen LogP contribution in [0.2, 0.25) is 0 Å². The fourth-order valence-electron chi connectivity index (χ4n) is 3.13. The van der Waals surface area contributed by atoms with Crippen molar-refractivity contribution in [2.24, 2.45) is 0 Å². The van der Waals surface area contributed by atoms with Crippen molar-refractivity contribution in [3.05, 3.63) is 83.4 Å². The number of methoxy groups -OCH3 is 1. The number of carbonyl (C=O) groups is 1. The Morgan fingerprint density at radius 2 is 2.04 bits per heavy atom. The van der Waals surface area contributed by atoms with E-state index in [1.165, 1.54) is 17.2 Å². The highest BCUT2D eigenvalue weighted by atomic mass is 16.5. The molecule has 0 spiro atoms. The highest BCUT2D eigenvalue weighted by Crippen LogP contribution is 2.35. The predicted octanol–water partition coefficient (Wildman–Crippen LogP) is 4.64. The molecule has 0 N–H and O–H groups in total. The number of fused-ring (bicyclic) bond motifs is 1. The number of esters is 1. The number of ether oxygens (including phenoxy) is 3. The number of carbonyl (C=O) groups excluding carboxylic acids is 1. The number of rotatable bonds is 8. The first kappa shape index (κ1) is 18.9. The van der Waals surface area contributed by atoms with Gasteiger partial charge in [-0.1, -0.05) is 36.9 Å². The Labute approximate surface area is 160 Å². The molecule has 0 aliphatic heterocycles. The van der Waals surface area contributed by atoms with Crippen LogP contribution in [0, 0.1) is 0 Å². The SMILES string of the molecule is C=CCOC(=O)C=Cc1ccc2c(c1)C(OCc1ccc(OC)cc1)CC2. The molecule has 2 aromatic carbocycles. The molecule has 0 saturated carbocycles. The number of benzene rings is 2. The quantitative estimate of drug-likeness (QED) is 0.389. The van der Waals surface area contributed by atoms with Crippen molar-refractivity contribution in [2.75, 3.05) is 13.7 Å². The summed E-state index contributed by atoms with van der Waals surface area (Å²) in [4.78, 5) is 11.6. The van der Waals surface area contributed by atoms with Gasteiger partial charge in [-0.2, -0.15) is 0 Å². The summed E-state index contributed by atoms with van der Waals surface area (Å²) in [6.07, 6.45) is 6.81. The second-order valence-electron chi connectivity index (χ2n) is 6.40. The van der Waals surface area contributed by atoms with Gasteiger partial charge < -0.3 is 14.2 Å². The minimum Gasteiger partial charge on any atom is -0.497 e. The molecule has 0 saturated heterocycles. The van der Waals surface area contributed by atoms with Crippen LogP contribution in [0.5, 0.6) is 5.75 Å². The third kappa shape index (κ3) is 5.08. The second-order valence-corrected chi connectivity index (χ2v) is 6.40. The van der Waals surface area contributed by atoms with Crippen LogP contribution in [0.4, 0.5) is 0 Å². The first-order chi connectivity index (χ1) is 13.2. The molecule has 0 heterocycles. The van der Waals surface area contributed by atoms with Crippen molar-refractivity contribution in [2.45, 2.75) is 25.6 Å². The Bertz CT molecular complexity index is 821. The number of aryl methyl sites for hydroxylation is 1. The average Bonchev–Trinajstić information content (AvgIpc) is 3.11. The fraction of sp³-hybridized carbons (Fsp3) is 0.261. The van der Waals surface area contributed by atoms with Crippen molar-refractivity contribution < 1.29 is 19.0 Å². The Balaban J connectivity index is 1.63. The summed E-state index contributed by atoms with van der Waals surface area (Å²) in [5, 5.41) is 0. The first-order valence-electron chi connectivity index (χ1n) is 9.02.